The van der Waals surface area contributed by atoms with E-state index < -0.39 is 0 Å². The Balaban J connectivity index is 1.78. The molecule has 0 aliphatic heterocycles. The fraction of sp³-hybridized carbons (Fsp3) is 0.500. The molecule has 0 unspecified atom stereocenters. The van der Waals surface area contributed by atoms with E-state index in [1.54, 1.807) is 0 Å². The Bertz CT molecular complexity index is 524. The largest absolute Gasteiger partial charge is 0.385 e. The van der Waals surface area contributed by atoms with E-state index in [4.69, 9.17) is 0 Å². The molecule has 3 N–H and O–H groups in total. The van der Waals surface area contributed by atoms with E-state index in [9.17, 15) is 9.59 Å². The molecular weight excluding hydrogens is 266 g/mol. The predicted molar refractivity (Wildman–Crippen MR) is 83.4 cm³/mol. The van der Waals surface area contributed by atoms with Crippen molar-refractivity contribution in [1.29, 1.82) is 0 Å². The molecule has 1 aromatic carbocycles. The summed E-state index contributed by atoms with van der Waals surface area (Å²) >= 11 is 0. The number of benzene rings is 1. The van der Waals surface area contributed by atoms with Crippen LogP contribution in [0.15, 0.2) is 18.2 Å². The summed E-state index contributed by atoms with van der Waals surface area (Å²) in [5.41, 5.74) is 2.63. The summed E-state index contributed by atoms with van der Waals surface area (Å²) in [6.07, 6.45) is 1.99. The maximum atomic E-state index is 12.1. The highest BCUT2D eigenvalue weighted by Crippen LogP contribution is 2.28. The van der Waals surface area contributed by atoms with Crippen molar-refractivity contribution in [3.8, 4) is 0 Å². The van der Waals surface area contributed by atoms with Gasteiger partial charge in [-0.05, 0) is 50.5 Å². The van der Waals surface area contributed by atoms with Gasteiger partial charge in [-0.25, -0.2) is 0 Å². The molecule has 1 saturated carbocycles. The number of nitrogens with one attached hydrogen (secondary N) is 3. The summed E-state index contributed by atoms with van der Waals surface area (Å²) < 4.78 is 0. The van der Waals surface area contributed by atoms with Crippen LogP contribution in [0.2, 0.25) is 0 Å². The standard InChI is InChI=1S/C16H23N3O2/c1-3-17-13-6-7-14(11(2)10-13)16(21)19-9-8-18-15(20)12-4-5-12/h6-7,10,12,17H,3-5,8-9H2,1-2H3,(H,18,20)(H,19,21). The van der Waals surface area contributed by atoms with E-state index in [0.29, 0.717) is 18.7 Å². The zero-order valence-corrected chi connectivity index (χ0v) is 12.7. The highest BCUT2D eigenvalue weighted by Gasteiger charge is 2.28. The second-order valence-corrected chi connectivity index (χ2v) is 5.38. The van der Waals surface area contributed by atoms with E-state index in [-0.39, 0.29) is 17.7 Å². The minimum absolute atomic E-state index is 0.101. The van der Waals surface area contributed by atoms with Crippen molar-refractivity contribution < 1.29 is 9.59 Å². The van der Waals surface area contributed by atoms with Gasteiger partial charge in [-0.3, -0.25) is 9.59 Å². The maximum absolute atomic E-state index is 12.1. The lowest BCUT2D eigenvalue weighted by Gasteiger charge is -2.10. The molecule has 0 spiro atoms. The smallest absolute Gasteiger partial charge is 0.251 e. The van der Waals surface area contributed by atoms with Gasteiger partial charge in [0.15, 0.2) is 0 Å². The van der Waals surface area contributed by atoms with Crippen molar-refractivity contribution in [1.82, 2.24) is 10.6 Å². The number of aryl methyl sites for hydroxylation is 1. The zero-order chi connectivity index (χ0) is 15.2. The van der Waals surface area contributed by atoms with Crippen molar-refractivity contribution in [2.24, 2.45) is 5.92 Å². The number of anilines is 1. The first-order valence-electron chi connectivity index (χ1n) is 7.52. The molecular formula is C16H23N3O2. The lowest BCUT2D eigenvalue weighted by atomic mass is 10.1. The number of amides is 2. The lowest BCUT2D eigenvalue weighted by Crippen LogP contribution is -2.35. The normalized spacial score (nSPS) is 13.6. The molecule has 0 heterocycles. The second kappa shape index (κ2) is 7.11. The Morgan fingerprint density at radius 1 is 1.19 bits per heavy atom. The van der Waals surface area contributed by atoms with E-state index >= 15 is 0 Å². The highest BCUT2D eigenvalue weighted by atomic mass is 16.2. The summed E-state index contributed by atoms with van der Waals surface area (Å²) in [6.45, 7) is 5.74. The van der Waals surface area contributed by atoms with Gasteiger partial charge in [0.05, 0.1) is 0 Å². The molecule has 0 radical (unpaired) electrons. The highest BCUT2D eigenvalue weighted by molar-refractivity contribution is 5.96. The van der Waals surface area contributed by atoms with Gasteiger partial charge in [0.25, 0.3) is 5.91 Å². The zero-order valence-electron chi connectivity index (χ0n) is 12.7. The summed E-state index contributed by atoms with van der Waals surface area (Å²) in [4.78, 5) is 23.5. The molecule has 1 aliphatic carbocycles. The van der Waals surface area contributed by atoms with Crippen LogP contribution < -0.4 is 16.0 Å². The molecule has 21 heavy (non-hydrogen) atoms. The van der Waals surface area contributed by atoms with Gasteiger partial charge < -0.3 is 16.0 Å². The molecule has 0 bridgehead atoms. The van der Waals surface area contributed by atoms with Crippen LogP contribution in [0.4, 0.5) is 5.69 Å². The Hall–Kier alpha value is -2.04. The third-order valence-electron chi connectivity index (χ3n) is 3.51. The Morgan fingerprint density at radius 3 is 2.52 bits per heavy atom. The third-order valence-corrected chi connectivity index (χ3v) is 3.51. The number of hydrogen-bond donors (Lipinski definition) is 3. The van der Waals surface area contributed by atoms with Gasteiger partial charge >= 0.3 is 0 Å². The van der Waals surface area contributed by atoms with Crippen LogP contribution >= 0.6 is 0 Å². The molecule has 114 valence electrons. The number of rotatable bonds is 7. The molecule has 2 amide bonds. The van der Waals surface area contributed by atoms with Gasteiger partial charge in [-0.1, -0.05) is 0 Å². The first-order chi connectivity index (χ1) is 10.1. The number of carbonyl (C=O) groups excluding carboxylic acids is 2. The van der Waals surface area contributed by atoms with E-state index in [2.05, 4.69) is 16.0 Å². The second-order valence-electron chi connectivity index (χ2n) is 5.38. The van der Waals surface area contributed by atoms with Crippen molar-refractivity contribution in [3.05, 3.63) is 29.3 Å². The average molecular weight is 289 g/mol. The van der Waals surface area contributed by atoms with Crippen LogP contribution in [-0.2, 0) is 4.79 Å². The molecule has 0 saturated heterocycles. The van der Waals surface area contributed by atoms with Crippen molar-refractivity contribution in [3.63, 3.8) is 0 Å². The van der Waals surface area contributed by atoms with Gasteiger partial charge in [0, 0.05) is 36.8 Å². The van der Waals surface area contributed by atoms with E-state index in [0.717, 1.165) is 30.6 Å². The molecule has 0 aromatic heterocycles. The first kappa shape index (κ1) is 15.4. The van der Waals surface area contributed by atoms with Crippen LogP contribution in [0.3, 0.4) is 0 Å². The topological polar surface area (TPSA) is 70.2 Å². The first-order valence-corrected chi connectivity index (χ1v) is 7.52. The minimum Gasteiger partial charge on any atom is -0.385 e. The van der Waals surface area contributed by atoms with E-state index in [1.165, 1.54) is 0 Å². The third kappa shape index (κ3) is 4.48. The van der Waals surface area contributed by atoms with Crippen molar-refractivity contribution in [2.75, 3.05) is 25.0 Å². The molecule has 5 heteroatoms. The predicted octanol–water partition coefficient (Wildman–Crippen LogP) is 1.68. The quantitative estimate of drug-likeness (QED) is 0.669. The fourth-order valence-corrected chi connectivity index (χ4v) is 2.18. The summed E-state index contributed by atoms with van der Waals surface area (Å²) in [6, 6.07) is 5.69. The van der Waals surface area contributed by atoms with Crippen molar-refractivity contribution >= 4 is 17.5 Å². The summed E-state index contributed by atoms with van der Waals surface area (Å²) in [5.74, 6) is 0.216. The van der Waals surface area contributed by atoms with Gasteiger partial charge in [0.1, 0.15) is 0 Å². The Kier molecular flexibility index (Phi) is 5.20. The van der Waals surface area contributed by atoms with Gasteiger partial charge in [-0.2, -0.15) is 0 Å². The number of hydrogen-bond acceptors (Lipinski definition) is 3. The lowest BCUT2D eigenvalue weighted by molar-refractivity contribution is -0.122. The van der Waals surface area contributed by atoms with Crippen molar-refractivity contribution in [2.45, 2.75) is 26.7 Å². The Labute approximate surface area is 125 Å². The van der Waals surface area contributed by atoms with Crippen LogP contribution in [0.1, 0.15) is 35.7 Å². The maximum Gasteiger partial charge on any atom is 0.251 e. The fourth-order valence-electron chi connectivity index (χ4n) is 2.18. The summed E-state index contributed by atoms with van der Waals surface area (Å²) in [5, 5.41) is 8.88. The van der Waals surface area contributed by atoms with E-state index in [1.807, 2.05) is 32.0 Å². The molecule has 5 nitrogen and oxygen atoms in total. The molecule has 0 atom stereocenters. The monoisotopic (exact) mass is 289 g/mol. The molecule has 1 aromatic rings. The van der Waals surface area contributed by atoms with Gasteiger partial charge in [-0.15, -0.1) is 0 Å². The molecule has 2 rings (SSSR count). The van der Waals surface area contributed by atoms with Crippen LogP contribution in [0, 0.1) is 12.8 Å². The Morgan fingerprint density at radius 2 is 1.90 bits per heavy atom. The minimum atomic E-state index is -0.101. The van der Waals surface area contributed by atoms with Crippen LogP contribution in [0.25, 0.3) is 0 Å². The molecule has 1 aliphatic rings. The molecule has 1 fully saturated rings. The summed E-state index contributed by atoms with van der Waals surface area (Å²) in [7, 11) is 0. The van der Waals surface area contributed by atoms with Crippen LogP contribution in [-0.4, -0.2) is 31.4 Å². The number of carbonyl (C=O) groups is 2. The van der Waals surface area contributed by atoms with Gasteiger partial charge in [0.2, 0.25) is 5.91 Å². The SMILES string of the molecule is CCNc1ccc(C(=O)NCCNC(=O)C2CC2)c(C)c1. The average Bonchev–Trinajstić information content (AvgIpc) is 3.28. The van der Waals surface area contributed by atoms with Crippen LogP contribution in [0.5, 0.6) is 0 Å².